The number of carbonyl (C=O) groups excluding carboxylic acids is 1. The summed E-state index contributed by atoms with van der Waals surface area (Å²) in [6.07, 6.45) is 9.91. The first-order chi connectivity index (χ1) is 21.4. The Morgan fingerprint density at radius 3 is 2.40 bits per heavy atom. The maximum atomic E-state index is 12.1. The number of anilines is 1. The Bertz CT molecular complexity index is 1710. The predicted octanol–water partition coefficient (Wildman–Crippen LogP) is 4.12. The number of fused-ring (bicyclic) bond motifs is 1. The Morgan fingerprint density at radius 1 is 1.11 bits per heavy atom. The van der Waals surface area contributed by atoms with Crippen LogP contribution >= 0.6 is 15.9 Å². The van der Waals surface area contributed by atoms with Crippen LogP contribution in [0.3, 0.4) is 0 Å². The van der Waals surface area contributed by atoms with Gasteiger partial charge in [-0.25, -0.2) is 9.78 Å². The number of aromatic nitrogens is 3. The van der Waals surface area contributed by atoms with Crippen LogP contribution in [-0.2, 0) is 9.53 Å². The average Bonchev–Trinajstić information content (AvgIpc) is 3.49. The standard InChI is InChI=1S/C31H35BrN4O9/c1-2-45-30(43)27(42)31(44)12-10-17(11-13-31)21-20(32)28(33)36-29(35-21)18(14-34-36)15-6-4-3-5-7-16(9-8-15)19-22(37)24(39)26(41)25(40)23(19)38/h4,6,8-9,14,17,27,37-42,44H,2-3,5,7,10-13,33H2,1H3. The van der Waals surface area contributed by atoms with E-state index < -0.39 is 46.4 Å². The van der Waals surface area contributed by atoms with Crippen molar-refractivity contribution in [2.45, 2.75) is 69.5 Å². The normalized spacial score (nSPS) is 21.4. The van der Waals surface area contributed by atoms with Crippen molar-refractivity contribution >= 4 is 44.5 Å². The molecule has 2 aromatic heterocycles. The minimum atomic E-state index is -1.65. The van der Waals surface area contributed by atoms with Crippen LogP contribution in [0.5, 0.6) is 28.7 Å². The van der Waals surface area contributed by atoms with E-state index in [-0.39, 0.29) is 30.9 Å². The molecule has 45 heavy (non-hydrogen) atoms. The number of nitrogen functional groups attached to an aromatic ring is 1. The molecule has 1 aromatic carbocycles. The number of rotatable bonds is 6. The molecule has 1 unspecified atom stereocenters. The molecule has 1 fully saturated rings. The molecule has 5 rings (SSSR count). The van der Waals surface area contributed by atoms with Gasteiger partial charge in [-0.3, -0.25) is 0 Å². The fourth-order valence-electron chi connectivity index (χ4n) is 5.92. The molecule has 2 aliphatic carbocycles. The van der Waals surface area contributed by atoms with Crippen LogP contribution in [0.4, 0.5) is 5.82 Å². The molecular formula is C31H35BrN4O9. The SMILES string of the molecule is CCOC(=O)C(O)C1(O)CCC(c2nc3c(C4=CC=C(c5c(O)c(O)c(O)c(O)c5O)CCCC=C4)cnn3c(N)c2Br)CC1. The third-order valence-corrected chi connectivity index (χ3v) is 9.30. The van der Waals surface area contributed by atoms with Crippen LogP contribution in [0.1, 0.15) is 74.6 Å². The fraction of sp³-hybridized carbons (Fsp3) is 0.387. The van der Waals surface area contributed by atoms with Crippen LogP contribution in [0.15, 0.2) is 35.0 Å². The van der Waals surface area contributed by atoms with Gasteiger partial charge in [0.15, 0.2) is 23.3 Å². The third-order valence-electron chi connectivity index (χ3n) is 8.49. The summed E-state index contributed by atoms with van der Waals surface area (Å²) in [7, 11) is 0. The zero-order valence-corrected chi connectivity index (χ0v) is 26.0. The molecule has 2 aliphatic rings. The number of nitrogens with two attached hydrogens (primary N) is 1. The molecule has 240 valence electrons. The Balaban J connectivity index is 1.52. The Morgan fingerprint density at radius 2 is 1.76 bits per heavy atom. The van der Waals surface area contributed by atoms with Crippen LogP contribution in [0.25, 0.3) is 16.8 Å². The highest BCUT2D eigenvalue weighted by atomic mass is 79.9. The number of halogens is 1. The minimum Gasteiger partial charge on any atom is -0.504 e. The van der Waals surface area contributed by atoms with Gasteiger partial charge in [0.1, 0.15) is 11.4 Å². The lowest BCUT2D eigenvalue weighted by atomic mass is 9.74. The number of hydrogen-bond donors (Lipinski definition) is 8. The number of nitrogens with zero attached hydrogens (tertiary/aromatic N) is 3. The molecular weight excluding hydrogens is 652 g/mol. The minimum absolute atomic E-state index is 0.0934. The van der Waals surface area contributed by atoms with Crippen molar-refractivity contribution in [3.05, 3.63) is 51.8 Å². The van der Waals surface area contributed by atoms with Crippen molar-refractivity contribution in [1.29, 1.82) is 0 Å². The van der Waals surface area contributed by atoms with Crippen molar-refractivity contribution in [1.82, 2.24) is 14.6 Å². The van der Waals surface area contributed by atoms with Crippen LogP contribution in [-0.4, -0.2) is 74.6 Å². The van der Waals surface area contributed by atoms with Gasteiger partial charge in [-0.1, -0.05) is 24.3 Å². The number of aliphatic hydroxyl groups excluding tert-OH is 1. The maximum Gasteiger partial charge on any atom is 0.337 e. The number of carbonyl (C=O) groups is 1. The quantitative estimate of drug-likeness (QED) is 0.104. The van der Waals surface area contributed by atoms with E-state index in [1.807, 2.05) is 12.2 Å². The Kier molecular flexibility index (Phi) is 9.01. The van der Waals surface area contributed by atoms with E-state index in [4.69, 9.17) is 15.5 Å². The molecule has 3 aromatic rings. The molecule has 0 radical (unpaired) electrons. The first-order valence-corrected chi connectivity index (χ1v) is 15.3. The van der Waals surface area contributed by atoms with Crippen molar-refractivity contribution < 1.29 is 45.3 Å². The third kappa shape index (κ3) is 5.80. The number of benzene rings is 1. The van der Waals surface area contributed by atoms with Gasteiger partial charge in [0.25, 0.3) is 0 Å². The van der Waals surface area contributed by atoms with E-state index in [2.05, 4.69) is 21.0 Å². The molecule has 0 bridgehead atoms. The summed E-state index contributed by atoms with van der Waals surface area (Å²) in [4.78, 5) is 17.0. The molecule has 13 nitrogen and oxygen atoms in total. The van der Waals surface area contributed by atoms with Gasteiger partial charge in [-0.05, 0) is 78.9 Å². The van der Waals surface area contributed by atoms with Gasteiger partial charge in [0.05, 0.1) is 28.5 Å². The number of aromatic hydroxyl groups is 5. The van der Waals surface area contributed by atoms with Gasteiger partial charge < -0.3 is 46.2 Å². The van der Waals surface area contributed by atoms with E-state index in [1.54, 1.807) is 25.3 Å². The fourth-order valence-corrected chi connectivity index (χ4v) is 6.50. The molecule has 0 amide bonds. The lowest BCUT2D eigenvalue weighted by molar-refractivity contribution is -0.173. The van der Waals surface area contributed by atoms with Crippen LogP contribution in [0, 0.1) is 0 Å². The molecule has 0 spiro atoms. The first-order valence-electron chi connectivity index (χ1n) is 14.6. The highest BCUT2D eigenvalue weighted by molar-refractivity contribution is 9.10. The predicted molar refractivity (Wildman–Crippen MR) is 168 cm³/mol. The van der Waals surface area contributed by atoms with E-state index in [0.29, 0.717) is 70.4 Å². The van der Waals surface area contributed by atoms with Crippen molar-refractivity contribution in [2.24, 2.45) is 0 Å². The number of aliphatic hydroxyl groups is 2. The zero-order valence-electron chi connectivity index (χ0n) is 24.4. The summed E-state index contributed by atoms with van der Waals surface area (Å²) < 4.78 is 6.93. The molecule has 14 heteroatoms. The van der Waals surface area contributed by atoms with Gasteiger partial charge in [0, 0.05) is 11.5 Å². The van der Waals surface area contributed by atoms with Gasteiger partial charge in [-0.2, -0.15) is 9.61 Å². The van der Waals surface area contributed by atoms with Gasteiger partial charge in [-0.15, -0.1) is 0 Å². The molecule has 2 heterocycles. The summed E-state index contributed by atoms with van der Waals surface area (Å²) >= 11 is 3.56. The largest absolute Gasteiger partial charge is 0.504 e. The van der Waals surface area contributed by atoms with E-state index in [0.717, 1.165) is 0 Å². The Hall–Kier alpha value is -4.27. The van der Waals surface area contributed by atoms with Gasteiger partial charge >= 0.3 is 5.97 Å². The summed E-state index contributed by atoms with van der Waals surface area (Å²) in [6, 6.07) is 0. The summed E-state index contributed by atoms with van der Waals surface area (Å²) in [5.74, 6) is -5.13. The smallest absolute Gasteiger partial charge is 0.337 e. The zero-order chi connectivity index (χ0) is 32.6. The summed E-state index contributed by atoms with van der Waals surface area (Å²) in [5, 5.41) is 77.0. The second kappa shape index (κ2) is 12.6. The molecule has 1 saturated carbocycles. The van der Waals surface area contributed by atoms with E-state index in [1.165, 1.54) is 4.52 Å². The second-order valence-corrected chi connectivity index (χ2v) is 12.0. The summed E-state index contributed by atoms with van der Waals surface area (Å²) in [5.41, 5.74) is 7.47. The molecule has 0 aliphatic heterocycles. The monoisotopic (exact) mass is 686 g/mol. The number of phenols is 5. The molecule has 9 N–H and O–H groups in total. The topological polar surface area (TPSA) is 224 Å². The van der Waals surface area contributed by atoms with Crippen LogP contribution < -0.4 is 5.73 Å². The van der Waals surface area contributed by atoms with Crippen molar-refractivity contribution in [2.75, 3.05) is 12.3 Å². The second-order valence-electron chi connectivity index (χ2n) is 11.2. The van der Waals surface area contributed by atoms with E-state index >= 15 is 0 Å². The molecule has 0 saturated heterocycles. The van der Waals surface area contributed by atoms with Crippen LogP contribution in [0.2, 0.25) is 0 Å². The lowest BCUT2D eigenvalue weighted by Gasteiger charge is -2.38. The highest BCUT2D eigenvalue weighted by Gasteiger charge is 2.45. The Labute approximate surface area is 266 Å². The molecule has 1 atom stereocenters. The first kappa shape index (κ1) is 32.1. The van der Waals surface area contributed by atoms with Gasteiger partial charge in [0.2, 0.25) is 17.2 Å². The number of esters is 1. The van der Waals surface area contributed by atoms with E-state index in [9.17, 15) is 40.5 Å². The number of hydrogen-bond acceptors (Lipinski definition) is 12. The lowest BCUT2D eigenvalue weighted by Crippen LogP contribution is -2.49. The summed E-state index contributed by atoms with van der Waals surface area (Å²) in [6.45, 7) is 1.72. The number of phenolic OH excluding ortho intramolecular Hbond substituents is 5. The van der Waals surface area contributed by atoms with Crippen molar-refractivity contribution in [3.8, 4) is 28.7 Å². The number of ether oxygens (including phenoxy) is 1. The number of allylic oxidation sites excluding steroid dienone is 6. The highest BCUT2D eigenvalue weighted by Crippen LogP contribution is 2.53. The average molecular weight is 688 g/mol. The van der Waals surface area contributed by atoms with Crippen molar-refractivity contribution in [3.63, 3.8) is 0 Å². The maximum absolute atomic E-state index is 12.1.